The van der Waals surface area contributed by atoms with E-state index in [4.69, 9.17) is 4.74 Å². The van der Waals surface area contributed by atoms with E-state index in [1.165, 1.54) is 32.4 Å². The molecule has 2 heterocycles. The molecule has 1 atom stereocenters. The van der Waals surface area contributed by atoms with Crippen LogP contribution in [0.25, 0.3) is 0 Å². The molecule has 0 unspecified atom stereocenters. The third-order valence-electron chi connectivity index (χ3n) is 4.38. The molecule has 26 heavy (non-hydrogen) atoms. The number of ether oxygens (including phenoxy) is 1. The lowest BCUT2D eigenvalue weighted by Gasteiger charge is -2.28. The summed E-state index contributed by atoms with van der Waals surface area (Å²) in [5.74, 6) is -0.992. The summed E-state index contributed by atoms with van der Waals surface area (Å²) in [5, 5.41) is 2.77. The number of aromatic nitrogens is 1. The number of hydrogen-bond acceptors (Lipinski definition) is 5. The molecule has 2 aromatic rings. The van der Waals surface area contributed by atoms with E-state index in [1.807, 2.05) is 24.3 Å². The zero-order valence-corrected chi connectivity index (χ0v) is 14.9. The van der Waals surface area contributed by atoms with Gasteiger partial charge in [-0.1, -0.05) is 6.07 Å². The SMILES string of the molecule is C[C@@H](OC(=O)c1ccccn1)C(=O)Nc1ccc(N2CCCCC2)cc1. The van der Waals surface area contributed by atoms with Crippen molar-refractivity contribution in [2.75, 3.05) is 23.3 Å². The maximum Gasteiger partial charge on any atom is 0.357 e. The first kappa shape index (κ1) is 17.9. The number of amides is 1. The second-order valence-electron chi connectivity index (χ2n) is 6.35. The van der Waals surface area contributed by atoms with Gasteiger partial charge in [0.2, 0.25) is 0 Å². The van der Waals surface area contributed by atoms with Crippen molar-refractivity contribution in [3.05, 3.63) is 54.4 Å². The highest BCUT2D eigenvalue weighted by Gasteiger charge is 2.20. The zero-order valence-electron chi connectivity index (χ0n) is 14.9. The van der Waals surface area contributed by atoms with Crippen LogP contribution in [0.4, 0.5) is 11.4 Å². The molecule has 1 aromatic carbocycles. The zero-order chi connectivity index (χ0) is 18.4. The lowest BCUT2D eigenvalue weighted by Crippen LogP contribution is -2.30. The van der Waals surface area contributed by atoms with Crippen LogP contribution in [0.2, 0.25) is 0 Å². The molecule has 6 heteroatoms. The van der Waals surface area contributed by atoms with E-state index in [-0.39, 0.29) is 11.6 Å². The Hall–Kier alpha value is -2.89. The topological polar surface area (TPSA) is 71.5 Å². The van der Waals surface area contributed by atoms with Crippen LogP contribution < -0.4 is 10.2 Å². The van der Waals surface area contributed by atoms with Crippen LogP contribution >= 0.6 is 0 Å². The first-order chi connectivity index (χ1) is 12.6. The number of esters is 1. The van der Waals surface area contributed by atoms with Crippen LogP contribution in [0.15, 0.2) is 48.7 Å². The summed E-state index contributed by atoms with van der Waals surface area (Å²) in [6.07, 6.45) is 4.33. The lowest BCUT2D eigenvalue weighted by atomic mass is 10.1. The molecular weight excluding hydrogens is 330 g/mol. The Kier molecular flexibility index (Phi) is 5.84. The first-order valence-electron chi connectivity index (χ1n) is 8.91. The summed E-state index contributed by atoms with van der Waals surface area (Å²) in [7, 11) is 0. The average Bonchev–Trinajstić information content (AvgIpc) is 2.70. The fourth-order valence-corrected chi connectivity index (χ4v) is 2.91. The van der Waals surface area contributed by atoms with Gasteiger partial charge in [0.25, 0.3) is 5.91 Å². The number of anilines is 2. The molecule has 0 saturated carbocycles. The van der Waals surface area contributed by atoms with Crippen LogP contribution in [0.3, 0.4) is 0 Å². The van der Waals surface area contributed by atoms with Gasteiger partial charge in [0, 0.05) is 30.7 Å². The molecular formula is C20H23N3O3. The third-order valence-corrected chi connectivity index (χ3v) is 4.38. The summed E-state index contributed by atoms with van der Waals surface area (Å²) >= 11 is 0. The van der Waals surface area contributed by atoms with Gasteiger partial charge in [-0.3, -0.25) is 4.79 Å². The summed E-state index contributed by atoms with van der Waals surface area (Å²) in [6, 6.07) is 12.7. The standard InChI is InChI=1S/C20H23N3O3/c1-15(26-20(25)18-7-3-4-12-21-18)19(24)22-16-8-10-17(11-9-16)23-13-5-2-6-14-23/h3-4,7-12,15H,2,5-6,13-14H2,1H3,(H,22,24)/t15-/m1/s1. The van der Waals surface area contributed by atoms with Crippen molar-refractivity contribution in [3.63, 3.8) is 0 Å². The fraction of sp³-hybridized carbons (Fsp3) is 0.350. The van der Waals surface area contributed by atoms with Crippen LogP contribution in [0.5, 0.6) is 0 Å². The molecule has 0 bridgehead atoms. The van der Waals surface area contributed by atoms with Gasteiger partial charge < -0.3 is 15.0 Å². The molecule has 3 rings (SSSR count). The van der Waals surface area contributed by atoms with E-state index in [1.54, 1.807) is 18.2 Å². The quantitative estimate of drug-likeness (QED) is 0.836. The molecule has 1 amide bonds. The Morgan fingerprint density at radius 1 is 1.08 bits per heavy atom. The largest absolute Gasteiger partial charge is 0.448 e. The molecule has 136 valence electrons. The highest BCUT2D eigenvalue weighted by atomic mass is 16.5. The summed E-state index contributed by atoms with van der Waals surface area (Å²) in [4.78, 5) is 30.5. The summed E-state index contributed by atoms with van der Waals surface area (Å²) in [5.41, 5.74) is 2.02. The molecule has 1 N–H and O–H groups in total. The second-order valence-corrected chi connectivity index (χ2v) is 6.35. The Morgan fingerprint density at radius 2 is 1.81 bits per heavy atom. The Morgan fingerprint density at radius 3 is 2.46 bits per heavy atom. The molecule has 0 spiro atoms. The predicted octanol–water partition coefficient (Wildman–Crippen LogP) is 3.26. The number of pyridine rings is 1. The number of nitrogens with one attached hydrogen (secondary N) is 1. The van der Waals surface area contributed by atoms with Gasteiger partial charge >= 0.3 is 5.97 Å². The molecule has 1 aliphatic rings. The van der Waals surface area contributed by atoms with E-state index >= 15 is 0 Å². The summed E-state index contributed by atoms with van der Waals surface area (Å²) < 4.78 is 5.17. The number of carbonyl (C=O) groups excluding carboxylic acids is 2. The van der Waals surface area contributed by atoms with Crippen molar-refractivity contribution in [1.82, 2.24) is 4.98 Å². The van der Waals surface area contributed by atoms with Crippen molar-refractivity contribution in [3.8, 4) is 0 Å². The van der Waals surface area contributed by atoms with Crippen LogP contribution in [0, 0.1) is 0 Å². The van der Waals surface area contributed by atoms with Crippen molar-refractivity contribution >= 4 is 23.3 Å². The van der Waals surface area contributed by atoms with Crippen molar-refractivity contribution in [1.29, 1.82) is 0 Å². The van der Waals surface area contributed by atoms with Gasteiger partial charge in [-0.05, 0) is 62.6 Å². The maximum absolute atomic E-state index is 12.2. The van der Waals surface area contributed by atoms with E-state index < -0.39 is 12.1 Å². The second kappa shape index (κ2) is 8.47. The number of carbonyl (C=O) groups is 2. The lowest BCUT2D eigenvalue weighted by molar-refractivity contribution is -0.123. The predicted molar refractivity (Wildman–Crippen MR) is 100 cm³/mol. The molecule has 1 aromatic heterocycles. The van der Waals surface area contributed by atoms with Gasteiger partial charge in [0.05, 0.1) is 0 Å². The van der Waals surface area contributed by atoms with Gasteiger partial charge in [0.15, 0.2) is 6.10 Å². The minimum Gasteiger partial charge on any atom is -0.448 e. The molecule has 1 saturated heterocycles. The number of nitrogens with zero attached hydrogens (tertiary/aromatic N) is 2. The molecule has 0 aliphatic carbocycles. The Bertz CT molecular complexity index is 741. The molecule has 1 aliphatic heterocycles. The smallest absolute Gasteiger partial charge is 0.357 e. The summed E-state index contributed by atoms with van der Waals surface area (Å²) in [6.45, 7) is 3.69. The molecule has 0 radical (unpaired) electrons. The minimum atomic E-state index is -0.911. The normalized spacial score (nSPS) is 15.2. The van der Waals surface area contributed by atoms with Gasteiger partial charge in [-0.2, -0.15) is 0 Å². The molecule has 1 fully saturated rings. The van der Waals surface area contributed by atoms with E-state index in [2.05, 4.69) is 15.2 Å². The average molecular weight is 353 g/mol. The number of rotatable bonds is 5. The Balaban J connectivity index is 1.54. The fourth-order valence-electron chi connectivity index (χ4n) is 2.91. The monoisotopic (exact) mass is 353 g/mol. The Labute approximate surface area is 153 Å². The van der Waals surface area contributed by atoms with E-state index in [0.29, 0.717) is 5.69 Å². The van der Waals surface area contributed by atoms with E-state index in [9.17, 15) is 9.59 Å². The van der Waals surface area contributed by atoms with Gasteiger partial charge in [-0.15, -0.1) is 0 Å². The number of benzene rings is 1. The first-order valence-corrected chi connectivity index (χ1v) is 8.91. The minimum absolute atomic E-state index is 0.179. The van der Waals surface area contributed by atoms with Gasteiger partial charge in [-0.25, -0.2) is 9.78 Å². The van der Waals surface area contributed by atoms with Crippen LogP contribution in [0.1, 0.15) is 36.7 Å². The van der Waals surface area contributed by atoms with Crippen molar-refractivity contribution in [2.24, 2.45) is 0 Å². The number of piperidine rings is 1. The van der Waals surface area contributed by atoms with Crippen molar-refractivity contribution in [2.45, 2.75) is 32.3 Å². The van der Waals surface area contributed by atoms with E-state index in [0.717, 1.165) is 18.8 Å². The highest BCUT2D eigenvalue weighted by Crippen LogP contribution is 2.22. The maximum atomic E-state index is 12.2. The number of hydrogen-bond donors (Lipinski definition) is 1. The van der Waals surface area contributed by atoms with Crippen LogP contribution in [-0.4, -0.2) is 36.1 Å². The molecule has 6 nitrogen and oxygen atoms in total. The third kappa shape index (κ3) is 4.59. The van der Waals surface area contributed by atoms with Gasteiger partial charge in [0.1, 0.15) is 5.69 Å². The van der Waals surface area contributed by atoms with Crippen molar-refractivity contribution < 1.29 is 14.3 Å². The van der Waals surface area contributed by atoms with Crippen LogP contribution in [-0.2, 0) is 9.53 Å². The highest BCUT2D eigenvalue weighted by molar-refractivity contribution is 5.96.